The summed E-state index contributed by atoms with van der Waals surface area (Å²) in [6, 6.07) is 9.85. The molecule has 8 heteroatoms. The number of nitrogens with one attached hydrogen (secondary N) is 1. The number of hydrogen-bond donors (Lipinski definition) is 1. The van der Waals surface area contributed by atoms with Gasteiger partial charge in [0.2, 0.25) is 5.91 Å². The van der Waals surface area contributed by atoms with E-state index in [1.165, 1.54) is 17.3 Å². The predicted octanol–water partition coefficient (Wildman–Crippen LogP) is 3.69. The van der Waals surface area contributed by atoms with Crippen LogP contribution in [0, 0.1) is 13.8 Å². The first kappa shape index (κ1) is 18.2. The van der Waals surface area contributed by atoms with Gasteiger partial charge in [-0.15, -0.1) is 10.2 Å². The van der Waals surface area contributed by atoms with Crippen LogP contribution in [0.1, 0.15) is 24.7 Å². The van der Waals surface area contributed by atoms with Crippen LogP contribution in [0.2, 0.25) is 0 Å². The normalized spacial score (nSPS) is 10.9. The number of benzene rings is 1. The molecule has 7 nitrogen and oxygen atoms in total. The van der Waals surface area contributed by atoms with Crippen LogP contribution in [-0.2, 0) is 11.3 Å². The Hall–Kier alpha value is -2.61. The third kappa shape index (κ3) is 4.32. The zero-order valence-electron chi connectivity index (χ0n) is 15.0. The molecule has 0 fully saturated rings. The zero-order chi connectivity index (χ0) is 18.5. The van der Waals surface area contributed by atoms with Crippen molar-refractivity contribution < 1.29 is 9.32 Å². The van der Waals surface area contributed by atoms with Crippen molar-refractivity contribution in [2.45, 2.75) is 38.9 Å². The van der Waals surface area contributed by atoms with E-state index in [0.717, 1.165) is 29.5 Å². The molecule has 0 aliphatic rings. The van der Waals surface area contributed by atoms with Crippen molar-refractivity contribution in [2.24, 2.45) is 0 Å². The summed E-state index contributed by atoms with van der Waals surface area (Å²) in [5, 5.41) is 15.8. The standard InChI is InChI=1S/C18H21N5O2S/c1-4-8-23-17(14-7-5-6-12(2)9-14)20-21-18(23)26-11-16(24)19-15-10-13(3)25-22-15/h5-7,9-10H,4,8,11H2,1-3H3,(H,19,22,24). The maximum Gasteiger partial charge on any atom is 0.236 e. The number of aryl methyl sites for hydroxylation is 2. The number of thioether (sulfide) groups is 1. The number of rotatable bonds is 7. The van der Waals surface area contributed by atoms with Crippen molar-refractivity contribution in [3.05, 3.63) is 41.7 Å². The van der Waals surface area contributed by atoms with E-state index in [4.69, 9.17) is 4.52 Å². The fourth-order valence-corrected chi connectivity index (χ4v) is 3.32. The smallest absolute Gasteiger partial charge is 0.236 e. The summed E-state index contributed by atoms with van der Waals surface area (Å²) < 4.78 is 7.01. The van der Waals surface area contributed by atoms with Gasteiger partial charge in [0.1, 0.15) is 5.76 Å². The second kappa shape index (κ2) is 8.18. The fraction of sp³-hybridized carbons (Fsp3) is 0.333. The van der Waals surface area contributed by atoms with Gasteiger partial charge in [-0.3, -0.25) is 4.79 Å². The Kier molecular flexibility index (Phi) is 5.72. The second-order valence-electron chi connectivity index (χ2n) is 5.99. The average molecular weight is 371 g/mol. The van der Waals surface area contributed by atoms with Crippen molar-refractivity contribution in [1.82, 2.24) is 19.9 Å². The Morgan fingerprint density at radius 1 is 1.27 bits per heavy atom. The molecule has 1 aromatic carbocycles. The van der Waals surface area contributed by atoms with Gasteiger partial charge in [0.25, 0.3) is 0 Å². The topological polar surface area (TPSA) is 85.8 Å². The quantitative estimate of drug-likeness (QED) is 0.638. The summed E-state index contributed by atoms with van der Waals surface area (Å²) in [4.78, 5) is 12.1. The molecule has 26 heavy (non-hydrogen) atoms. The monoisotopic (exact) mass is 371 g/mol. The van der Waals surface area contributed by atoms with Crippen LogP contribution < -0.4 is 5.32 Å². The molecule has 0 unspecified atom stereocenters. The molecule has 136 valence electrons. The van der Waals surface area contributed by atoms with E-state index in [-0.39, 0.29) is 11.7 Å². The molecule has 0 spiro atoms. The third-order valence-corrected chi connectivity index (χ3v) is 4.63. The van der Waals surface area contributed by atoms with Gasteiger partial charge in [0.05, 0.1) is 5.75 Å². The minimum absolute atomic E-state index is 0.161. The van der Waals surface area contributed by atoms with E-state index in [0.29, 0.717) is 11.6 Å². The van der Waals surface area contributed by atoms with E-state index in [1.54, 1.807) is 13.0 Å². The molecule has 0 aliphatic carbocycles. The third-order valence-electron chi connectivity index (χ3n) is 3.67. The first-order chi connectivity index (χ1) is 12.6. The van der Waals surface area contributed by atoms with Gasteiger partial charge in [-0.1, -0.05) is 47.6 Å². The van der Waals surface area contributed by atoms with Gasteiger partial charge in [-0.2, -0.15) is 0 Å². The minimum atomic E-state index is -0.161. The number of nitrogens with zero attached hydrogens (tertiary/aromatic N) is 4. The summed E-state index contributed by atoms with van der Waals surface area (Å²) in [5.74, 6) is 1.96. The lowest BCUT2D eigenvalue weighted by Crippen LogP contribution is -2.15. The van der Waals surface area contributed by atoms with Gasteiger partial charge in [0.15, 0.2) is 16.8 Å². The number of aromatic nitrogens is 4. The number of carbonyl (C=O) groups is 1. The lowest BCUT2D eigenvalue weighted by atomic mass is 10.1. The van der Waals surface area contributed by atoms with Crippen LogP contribution >= 0.6 is 11.8 Å². The Labute approximate surface area is 156 Å². The first-order valence-electron chi connectivity index (χ1n) is 8.43. The highest BCUT2D eigenvalue weighted by molar-refractivity contribution is 7.99. The molecular formula is C18H21N5O2S. The lowest BCUT2D eigenvalue weighted by molar-refractivity contribution is -0.113. The molecule has 2 aromatic heterocycles. The molecule has 0 radical (unpaired) electrons. The summed E-state index contributed by atoms with van der Waals surface area (Å²) >= 11 is 1.36. The van der Waals surface area contributed by atoms with Crippen molar-refractivity contribution in [1.29, 1.82) is 0 Å². The first-order valence-corrected chi connectivity index (χ1v) is 9.41. The van der Waals surface area contributed by atoms with E-state index in [2.05, 4.69) is 51.2 Å². The lowest BCUT2D eigenvalue weighted by Gasteiger charge is -2.09. The summed E-state index contributed by atoms with van der Waals surface area (Å²) in [5.41, 5.74) is 2.20. The summed E-state index contributed by atoms with van der Waals surface area (Å²) in [7, 11) is 0. The van der Waals surface area contributed by atoms with E-state index in [9.17, 15) is 4.79 Å². The molecule has 3 rings (SSSR count). The maximum absolute atomic E-state index is 12.1. The molecule has 1 amide bonds. The summed E-state index contributed by atoms with van der Waals surface area (Å²) in [6.07, 6.45) is 0.953. The van der Waals surface area contributed by atoms with Crippen LogP contribution in [0.5, 0.6) is 0 Å². The molecule has 0 saturated carbocycles. The van der Waals surface area contributed by atoms with Gasteiger partial charge in [0, 0.05) is 18.2 Å². The molecule has 1 N–H and O–H groups in total. The number of anilines is 1. The maximum atomic E-state index is 12.1. The zero-order valence-corrected chi connectivity index (χ0v) is 15.8. The van der Waals surface area contributed by atoms with Gasteiger partial charge < -0.3 is 14.4 Å². The Morgan fingerprint density at radius 2 is 2.12 bits per heavy atom. The number of hydrogen-bond acceptors (Lipinski definition) is 6. The fourth-order valence-electron chi connectivity index (χ4n) is 2.55. The highest BCUT2D eigenvalue weighted by Crippen LogP contribution is 2.25. The molecule has 0 atom stereocenters. The summed E-state index contributed by atoms with van der Waals surface area (Å²) in [6.45, 7) is 6.73. The van der Waals surface area contributed by atoms with E-state index in [1.807, 2.05) is 12.1 Å². The van der Waals surface area contributed by atoms with Gasteiger partial charge in [-0.05, 0) is 26.3 Å². The van der Waals surface area contributed by atoms with Crippen LogP contribution in [-0.4, -0.2) is 31.6 Å². The van der Waals surface area contributed by atoms with Crippen LogP contribution in [0.3, 0.4) is 0 Å². The molecular weight excluding hydrogens is 350 g/mol. The predicted molar refractivity (Wildman–Crippen MR) is 101 cm³/mol. The largest absolute Gasteiger partial charge is 0.360 e. The highest BCUT2D eigenvalue weighted by atomic mass is 32.2. The minimum Gasteiger partial charge on any atom is -0.360 e. The Morgan fingerprint density at radius 3 is 2.81 bits per heavy atom. The van der Waals surface area contributed by atoms with Crippen LogP contribution in [0.4, 0.5) is 5.82 Å². The SMILES string of the molecule is CCCn1c(SCC(=O)Nc2cc(C)on2)nnc1-c1cccc(C)c1. The van der Waals surface area contributed by atoms with E-state index >= 15 is 0 Å². The molecule has 0 saturated heterocycles. The number of amides is 1. The van der Waals surface area contributed by atoms with Gasteiger partial charge in [-0.25, -0.2) is 0 Å². The Balaban J connectivity index is 1.72. The number of carbonyl (C=O) groups excluding carboxylic acids is 1. The van der Waals surface area contributed by atoms with Crippen molar-refractivity contribution in [3.8, 4) is 11.4 Å². The Bertz CT molecular complexity index is 903. The van der Waals surface area contributed by atoms with Crippen molar-refractivity contribution >= 4 is 23.5 Å². The molecule has 0 bridgehead atoms. The molecule has 3 aromatic rings. The van der Waals surface area contributed by atoms with Crippen LogP contribution in [0.15, 0.2) is 40.0 Å². The second-order valence-corrected chi connectivity index (χ2v) is 6.93. The molecule has 2 heterocycles. The van der Waals surface area contributed by atoms with Crippen molar-refractivity contribution in [3.63, 3.8) is 0 Å². The average Bonchev–Trinajstić information content (AvgIpc) is 3.20. The van der Waals surface area contributed by atoms with Gasteiger partial charge >= 0.3 is 0 Å². The van der Waals surface area contributed by atoms with E-state index < -0.39 is 0 Å². The molecule has 0 aliphatic heterocycles. The van der Waals surface area contributed by atoms with Crippen molar-refractivity contribution in [2.75, 3.05) is 11.1 Å². The highest BCUT2D eigenvalue weighted by Gasteiger charge is 2.16. The van der Waals surface area contributed by atoms with Crippen LogP contribution in [0.25, 0.3) is 11.4 Å².